The van der Waals surface area contributed by atoms with Crippen LogP contribution >= 0.6 is 23.2 Å². The van der Waals surface area contributed by atoms with Crippen LogP contribution in [0.4, 0.5) is 4.39 Å². The Labute approximate surface area is 179 Å². The van der Waals surface area contributed by atoms with E-state index >= 15 is 0 Å². The Hall–Kier alpha value is -1.09. The second-order valence-corrected chi connectivity index (χ2v) is 11.3. The van der Waals surface area contributed by atoms with Crippen LogP contribution in [0.5, 0.6) is 5.75 Å². The lowest BCUT2D eigenvalue weighted by Gasteiger charge is -2.31. The molecule has 1 saturated heterocycles. The third-order valence-electron chi connectivity index (χ3n) is 5.70. The molecule has 0 unspecified atom stereocenters. The van der Waals surface area contributed by atoms with E-state index in [4.69, 9.17) is 27.9 Å². The highest BCUT2D eigenvalue weighted by atomic mass is 35.5. The van der Waals surface area contributed by atoms with Gasteiger partial charge >= 0.3 is 10.2 Å². The van der Waals surface area contributed by atoms with Crippen LogP contribution in [0.15, 0.2) is 12.1 Å². The molecule has 2 saturated carbocycles. The molecule has 0 radical (unpaired) electrons. The van der Waals surface area contributed by atoms with Crippen molar-refractivity contribution in [1.29, 1.82) is 0 Å². The van der Waals surface area contributed by atoms with E-state index in [2.05, 4.69) is 0 Å². The van der Waals surface area contributed by atoms with Crippen molar-refractivity contribution < 1.29 is 22.3 Å². The zero-order valence-corrected chi connectivity index (χ0v) is 18.1. The normalized spacial score (nSPS) is 22.7. The van der Waals surface area contributed by atoms with Crippen LogP contribution in [0.2, 0.25) is 0 Å². The Balaban J connectivity index is 1.53. The molecule has 0 atom stereocenters. The molecule has 29 heavy (non-hydrogen) atoms. The summed E-state index contributed by atoms with van der Waals surface area (Å²) in [7, 11) is -3.94. The molecule has 1 amide bonds. The van der Waals surface area contributed by atoms with Gasteiger partial charge in [-0.15, -0.1) is 23.2 Å². The first-order valence-electron chi connectivity index (χ1n) is 9.85. The molecule has 3 aliphatic rings. The summed E-state index contributed by atoms with van der Waals surface area (Å²) in [5, 5.41) is 0. The second-order valence-electron chi connectivity index (χ2n) is 8.01. The maximum absolute atomic E-state index is 14.7. The first-order valence-corrected chi connectivity index (χ1v) is 12.0. The van der Waals surface area contributed by atoms with Gasteiger partial charge in [0.15, 0.2) is 0 Å². The minimum Gasteiger partial charge on any atom is -0.490 e. The maximum atomic E-state index is 14.7. The highest BCUT2D eigenvalue weighted by Crippen LogP contribution is 2.46. The van der Waals surface area contributed by atoms with Crippen molar-refractivity contribution in [2.75, 3.05) is 13.1 Å². The average molecular weight is 465 g/mol. The summed E-state index contributed by atoms with van der Waals surface area (Å²) in [5.74, 6) is -1.17. The SMILES string of the molecule is O=C(NS(=O)(=O)N1CCC1)c1cc(C2CC2)c(OC2CCC(Cl)(Cl)CC2)cc1F. The van der Waals surface area contributed by atoms with Gasteiger partial charge in [-0.1, -0.05) is 0 Å². The molecular weight excluding hydrogens is 442 g/mol. The Morgan fingerprint density at radius 2 is 1.83 bits per heavy atom. The van der Waals surface area contributed by atoms with Gasteiger partial charge in [-0.25, -0.2) is 9.11 Å². The Morgan fingerprint density at radius 1 is 1.17 bits per heavy atom. The summed E-state index contributed by atoms with van der Waals surface area (Å²) in [6.07, 6.45) is 4.98. The summed E-state index contributed by atoms with van der Waals surface area (Å²) >= 11 is 12.3. The third kappa shape index (κ3) is 4.81. The first-order chi connectivity index (χ1) is 13.6. The van der Waals surface area contributed by atoms with Gasteiger partial charge in [0.2, 0.25) is 0 Å². The van der Waals surface area contributed by atoms with Crippen LogP contribution in [-0.2, 0) is 10.2 Å². The van der Waals surface area contributed by atoms with E-state index in [0.29, 0.717) is 44.5 Å². The molecule has 4 rings (SSSR count). The number of hydrogen-bond acceptors (Lipinski definition) is 4. The Kier molecular flexibility index (Phi) is 5.74. The van der Waals surface area contributed by atoms with Crippen LogP contribution < -0.4 is 9.46 Å². The largest absolute Gasteiger partial charge is 0.490 e. The smallest absolute Gasteiger partial charge is 0.304 e. The van der Waals surface area contributed by atoms with Gasteiger partial charge in [0.05, 0.1) is 11.7 Å². The maximum Gasteiger partial charge on any atom is 0.304 e. The first kappa shape index (κ1) is 21.2. The number of carbonyl (C=O) groups excluding carboxylic acids is 1. The predicted molar refractivity (Wildman–Crippen MR) is 108 cm³/mol. The van der Waals surface area contributed by atoms with E-state index in [1.165, 1.54) is 12.1 Å². The monoisotopic (exact) mass is 464 g/mol. The fourth-order valence-electron chi connectivity index (χ4n) is 3.64. The van der Waals surface area contributed by atoms with Crippen molar-refractivity contribution in [1.82, 2.24) is 9.03 Å². The lowest BCUT2D eigenvalue weighted by atomic mass is 9.96. The number of rotatable bonds is 6. The number of nitrogens with zero attached hydrogens (tertiary/aromatic N) is 1. The molecule has 0 bridgehead atoms. The minimum absolute atomic E-state index is 0.121. The van der Waals surface area contributed by atoms with Crippen LogP contribution in [-0.4, -0.2) is 42.2 Å². The molecule has 1 heterocycles. The van der Waals surface area contributed by atoms with Crippen LogP contribution in [0.3, 0.4) is 0 Å². The zero-order valence-electron chi connectivity index (χ0n) is 15.8. The summed E-state index contributed by atoms with van der Waals surface area (Å²) in [4.78, 5) is 12.5. The highest BCUT2D eigenvalue weighted by Gasteiger charge is 2.35. The van der Waals surface area contributed by atoms with E-state index in [1.54, 1.807) is 0 Å². The quantitative estimate of drug-likeness (QED) is 0.648. The van der Waals surface area contributed by atoms with Gasteiger partial charge in [0.1, 0.15) is 15.9 Å². The second kappa shape index (κ2) is 7.87. The zero-order chi connectivity index (χ0) is 20.8. The number of ether oxygens (including phenoxy) is 1. The fraction of sp³-hybridized carbons (Fsp3) is 0.632. The summed E-state index contributed by atoms with van der Waals surface area (Å²) in [6, 6.07) is 2.63. The molecule has 160 valence electrons. The van der Waals surface area contributed by atoms with Gasteiger partial charge < -0.3 is 4.74 Å². The molecule has 2 aliphatic carbocycles. The molecule has 3 fully saturated rings. The van der Waals surface area contributed by atoms with Crippen molar-refractivity contribution in [2.24, 2.45) is 0 Å². The molecule has 0 spiro atoms. The standard InChI is InChI=1S/C19H23Cl2FN2O4S/c20-19(21)6-4-13(5-7-19)28-17-11-16(22)15(10-14(17)12-2-3-12)18(25)23-29(26,27)24-8-1-9-24/h10-13H,1-9H2,(H,23,25). The molecule has 1 N–H and O–H groups in total. The predicted octanol–water partition coefficient (Wildman–Crippen LogP) is 3.88. The van der Waals surface area contributed by atoms with Gasteiger partial charge in [-0.2, -0.15) is 12.7 Å². The summed E-state index contributed by atoms with van der Waals surface area (Å²) in [5.41, 5.74) is 0.457. The van der Waals surface area contributed by atoms with E-state index < -0.39 is 26.3 Å². The van der Waals surface area contributed by atoms with Gasteiger partial charge in [-0.3, -0.25) is 4.79 Å². The van der Waals surface area contributed by atoms with Crippen molar-refractivity contribution in [3.8, 4) is 5.75 Å². The number of hydrogen-bond donors (Lipinski definition) is 1. The number of amides is 1. The number of benzene rings is 1. The third-order valence-corrected chi connectivity index (χ3v) is 7.94. The number of alkyl halides is 2. The highest BCUT2D eigenvalue weighted by molar-refractivity contribution is 7.87. The molecular formula is C19H23Cl2FN2O4S. The average Bonchev–Trinajstić information content (AvgIpc) is 3.39. The van der Waals surface area contributed by atoms with Crippen LogP contribution in [0.25, 0.3) is 0 Å². The molecule has 1 aliphatic heterocycles. The fourth-order valence-corrected chi connectivity index (χ4v) is 5.29. The number of halogens is 3. The Morgan fingerprint density at radius 3 is 2.38 bits per heavy atom. The lowest BCUT2D eigenvalue weighted by Crippen LogP contribution is -2.49. The molecule has 6 nitrogen and oxygen atoms in total. The van der Waals surface area contributed by atoms with E-state index in [9.17, 15) is 17.6 Å². The van der Waals surface area contributed by atoms with Crippen molar-refractivity contribution >= 4 is 39.3 Å². The molecule has 0 aromatic heterocycles. The van der Waals surface area contributed by atoms with Crippen LogP contribution in [0.1, 0.15) is 66.8 Å². The van der Waals surface area contributed by atoms with E-state index in [-0.39, 0.29) is 17.6 Å². The molecule has 10 heteroatoms. The number of nitrogens with one attached hydrogen (secondary N) is 1. The number of carbonyl (C=O) groups is 1. The van der Waals surface area contributed by atoms with Crippen LogP contribution in [0, 0.1) is 5.82 Å². The topological polar surface area (TPSA) is 75.7 Å². The summed E-state index contributed by atoms with van der Waals surface area (Å²) in [6.45, 7) is 0.719. The lowest BCUT2D eigenvalue weighted by molar-refractivity contribution is 0.0973. The van der Waals surface area contributed by atoms with Crippen molar-refractivity contribution in [3.05, 3.63) is 29.1 Å². The van der Waals surface area contributed by atoms with E-state index in [1.807, 2.05) is 4.72 Å². The van der Waals surface area contributed by atoms with E-state index in [0.717, 1.165) is 29.1 Å². The van der Waals surface area contributed by atoms with Crippen molar-refractivity contribution in [2.45, 2.75) is 61.3 Å². The Bertz CT molecular complexity index is 907. The molecule has 1 aromatic carbocycles. The van der Waals surface area contributed by atoms with Gasteiger partial charge in [-0.05, 0) is 62.5 Å². The van der Waals surface area contributed by atoms with Gasteiger partial charge in [0, 0.05) is 19.2 Å². The van der Waals surface area contributed by atoms with Crippen molar-refractivity contribution in [3.63, 3.8) is 0 Å². The molecule has 1 aromatic rings. The van der Waals surface area contributed by atoms with Gasteiger partial charge in [0.25, 0.3) is 5.91 Å². The summed E-state index contributed by atoms with van der Waals surface area (Å²) < 4.78 is 47.4. The minimum atomic E-state index is -3.94.